The topological polar surface area (TPSA) is 66.5 Å². The van der Waals surface area contributed by atoms with Crippen LogP contribution in [0.5, 0.6) is 0 Å². The Morgan fingerprint density at radius 3 is 2.38 bits per heavy atom. The molecule has 1 N–H and O–H groups in total. The van der Waals surface area contributed by atoms with Gasteiger partial charge in [-0.3, -0.25) is 4.79 Å². The summed E-state index contributed by atoms with van der Waals surface area (Å²) in [4.78, 5) is 11.9. The maximum Gasteiger partial charge on any atom is 0.251 e. The molecule has 0 aliphatic carbocycles. The molecule has 1 rings (SSSR count). The number of hydrogen-bond donors (Lipinski definition) is 1. The minimum Gasteiger partial charge on any atom is -0.351 e. The van der Waals surface area contributed by atoms with Crippen molar-refractivity contribution >= 4 is 31.9 Å². The number of unbranched alkanes of at least 4 members (excludes halogenated alkanes) is 1. The summed E-state index contributed by atoms with van der Waals surface area (Å²) in [5.74, 6) is -0.202. The molecule has 0 bridgehead atoms. The SMILES string of the molecule is CCCCN(CCNC(=O)c1ccc(Br)cc1)S(C)(=O)=O. The van der Waals surface area contributed by atoms with Crippen molar-refractivity contribution in [1.29, 1.82) is 0 Å². The monoisotopic (exact) mass is 376 g/mol. The van der Waals surface area contributed by atoms with Gasteiger partial charge in [-0.05, 0) is 30.7 Å². The van der Waals surface area contributed by atoms with Crippen molar-refractivity contribution in [2.45, 2.75) is 19.8 Å². The highest BCUT2D eigenvalue weighted by atomic mass is 79.9. The van der Waals surface area contributed by atoms with Crippen LogP contribution in [0.1, 0.15) is 30.1 Å². The number of carbonyl (C=O) groups is 1. The summed E-state index contributed by atoms with van der Waals surface area (Å²) in [5, 5.41) is 2.74. The quantitative estimate of drug-likeness (QED) is 0.756. The van der Waals surface area contributed by atoms with Crippen LogP contribution in [0.3, 0.4) is 0 Å². The number of carbonyl (C=O) groups excluding carboxylic acids is 1. The van der Waals surface area contributed by atoms with E-state index < -0.39 is 10.0 Å². The van der Waals surface area contributed by atoms with E-state index in [4.69, 9.17) is 0 Å². The first-order valence-corrected chi connectivity index (χ1v) is 9.47. The molecule has 0 fully saturated rings. The second-order valence-electron chi connectivity index (χ2n) is 4.78. The lowest BCUT2D eigenvalue weighted by molar-refractivity contribution is 0.0951. The Balaban J connectivity index is 2.50. The molecular formula is C14H21BrN2O3S. The highest BCUT2D eigenvalue weighted by Gasteiger charge is 2.15. The highest BCUT2D eigenvalue weighted by Crippen LogP contribution is 2.10. The van der Waals surface area contributed by atoms with Crippen LogP contribution in [0, 0.1) is 0 Å². The van der Waals surface area contributed by atoms with Crippen molar-refractivity contribution in [2.24, 2.45) is 0 Å². The third-order valence-electron chi connectivity index (χ3n) is 2.98. The summed E-state index contributed by atoms with van der Waals surface area (Å²) in [7, 11) is -3.23. The van der Waals surface area contributed by atoms with Gasteiger partial charge in [0.2, 0.25) is 10.0 Å². The first-order valence-electron chi connectivity index (χ1n) is 6.83. The first kappa shape index (κ1) is 18.1. The molecule has 0 saturated heterocycles. The molecule has 0 spiro atoms. The van der Waals surface area contributed by atoms with Crippen LogP contribution in [0.4, 0.5) is 0 Å². The van der Waals surface area contributed by atoms with Gasteiger partial charge in [-0.25, -0.2) is 12.7 Å². The molecule has 0 unspecified atom stereocenters. The Bertz CT molecular complexity index is 558. The molecule has 0 atom stereocenters. The molecule has 0 radical (unpaired) electrons. The van der Waals surface area contributed by atoms with E-state index in [9.17, 15) is 13.2 Å². The Morgan fingerprint density at radius 2 is 1.86 bits per heavy atom. The molecule has 0 heterocycles. The van der Waals surface area contributed by atoms with Gasteiger partial charge in [-0.1, -0.05) is 29.3 Å². The average Bonchev–Trinajstić information content (AvgIpc) is 2.41. The Labute approximate surface area is 134 Å². The minimum atomic E-state index is -3.23. The lowest BCUT2D eigenvalue weighted by Crippen LogP contribution is -2.38. The lowest BCUT2D eigenvalue weighted by atomic mass is 10.2. The molecule has 1 aromatic rings. The van der Waals surface area contributed by atoms with Gasteiger partial charge in [-0.2, -0.15) is 0 Å². The van der Waals surface area contributed by atoms with Crippen LogP contribution >= 0.6 is 15.9 Å². The fourth-order valence-electron chi connectivity index (χ4n) is 1.78. The van der Waals surface area contributed by atoms with Crippen LogP contribution < -0.4 is 5.32 Å². The van der Waals surface area contributed by atoms with E-state index in [0.717, 1.165) is 17.3 Å². The molecule has 1 amide bonds. The molecule has 118 valence electrons. The molecule has 0 saturated carbocycles. The predicted molar refractivity (Wildman–Crippen MR) is 87.8 cm³/mol. The number of hydrogen-bond acceptors (Lipinski definition) is 3. The molecule has 0 aliphatic rings. The molecule has 1 aromatic carbocycles. The van der Waals surface area contributed by atoms with Crippen LogP contribution in [-0.4, -0.2) is 44.5 Å². The molecule has 7 heteroatoms. The minimum absolute atomic E-state index is 0.202. The van der Waals surface area contributed by atoms with E-state index in [2.05, 4.69) is 21.2 Å². The zero-order chi connectivity index (χ0) is 15.9. The summed E-state index contributed by atoms with van der Waals surface area (Å²) < 4.78 is 25.6. The Kier molecular flexibility index (Phi) is 7.34. The second kappa shape index (κ2) is 8.51. The molecule has 5 nitrogen and oxygen atoms in total. The number of halogens is 1. The maximum absolute atomic E-state index is 11.9. The number of nitrogens with zero attached hydrogens (tertiary/aromatic N) is 1. The fraction of sp³-hybridized carbons (Fsp3) is 0.500. The normalized spacial score (nSPS) is 11.6. The van der Waals surface area contributed by atoms with Gasteiger partial charge >= 0.3 is 0 Å². The van der Waals surface area contributed by atoms with Gasteiger partial charge in [0, 0.05) is 29.7 Å². The van der Waals surface area contributed by atoms with Crippen molar-refractivity contribution in [2.75, 3.05) is 25.9 Å². The fourth-order valence-corrected chi connectivity index (χ4v) is 2.92. The van der Waals surface area contributed by atoms with Crippen LogP contribution in [-0.2, 0) is 10.0 Å². The van der Waals surface area contributed by atoms with Gasteiger partial charge in [0.1, 0.15) is 0 Å². The first-order chi connectivity index (χ1) is 9.84. The van der Waals surface area contributed by atoms with Crippen molar-refractivity contribution in [3.63, 3.8) is 0 Å². The van der Waals surface area contributed by atoms with Gasteiger partial charge < -0.3 is 5.32 Å². The van der Waals surface area contributed by atoms with Crippen LogP contribution in [0.2, 0.25) is 0 Å². The number of nitrogens with one attached hydrogen (secondary N) is 1. The van der Waals surface area contributed by atoms with Gasteiger partial charge in [0.15, 0.2) is 0 Å². The predicted octanol–water partition coefficient (Wildman–Crippen LogP) is 2.24. The number of rotatable bonds is 8. The average molecular weight is 377 g/mol. The van der Waals surface area contributed by atoms with Crippen molar-refractivity contribution in [1.82, 2.24) is 9.62 Å². The van der Waals surface area contributed by atoms with Crippen LogP contribution in [0.25, 0.3) is 0 Å². The summed E-state index contributed by atoms with van der Waals surface area (Å²) in [6, 6.07) is 7.01. The van der Waals surface area contributed by atoms with Crippen molar-refractivity contribution in [3.05, 3.63) is 34.3 Å². The zero-order valence-electron chi connectivity index (χ0n) is 12.3. The largest absolute Gasteiger partial charge is 0.351 e. The van der Waals surface area contributed by atoms with Gasteiger partial charge in [-0.15, -0.1) is 0 Å². The maximum atomic E-state index is 11.9. The summed E-state index contributed by atoms with van der Waals surface area (Å²) in [6.07, 6.45) is 2.93. The van der Waals surface area contributed by atoms with Crippen LogP contribution in [0.15, 0.2) is 28.7 Å². The smallest absolute Gasteiger partial charge is 0.251 e. The summed E-state index contributed by atoms with van der Waals surface area (Å²) in [6.45, 7) is 3.09. The molecule has 21 heavy (non-hydrogen) atoms. The molecular weight excluding hydrogens is 356 g/mol. The van der Waals surface area contributed by atoms with E-state index in [1.54, 1.807) is 24.3 Å². The Morgan fingerprint density at radius 1 is 1.24 bits per heavy atom. The van der Waals surface area contributed by atoms with E-state index in [0.29, 0.717) is 25.2 Å². The zero-order valence-corrected chi connectivity index (χ0v) is 14.7. The van der Waals surface area contributed by atoms with E-state index in [-0.39, 0.29) is 5.91 Å². The molecule has 0 aromatic heterocycles. The third kappa shape index (κ3) is 6.58. The summed E-state index contributed by atoms with van der Waals surface area (Å²) >= 11 is 3.31. The number of amides is 1. The van der Waals surface area contributed by atoms with Crippen molar-refractivity contribution < 1.29 is 13.2 Å². The number of sulfonamides is 1. The van der Waals surface area contributed by atoms with Gasteiger partial charge in [0.05, 0.1) is 6.26 Å². The highest BCUT2D eigenvalue weighted by molar-refractivity contribution is 9.10. The second-order valence-corrected chi connectivity index (χ2v) is 7.68. The Hall–Kier alpha value is -0.920. The van der Waals surface area contributed by atoms with Crippen molar-refractivity contribution in [3.8, 4) is 0 Å². The van der Waals surface area contributed by atoms with Gasteiger partial charge in [0.25, 0.3) is 5.91 Å². The van der Waals surface area contributed by atoms with E-state index in [1.165, 1.54) is 10.6 Å². The van der Waals surface area contributed by atoms with E-state index in [1.807, 2.05) is 6.92 Å². The summed E-state index contributed by atoms with van der Waals surface area (Å²) in [5.41, 5.74) is 0.553. The molecule has 0 aliphatic heterocycles. The third-order valence-corrected chi connectivity index (χ3v) is 4.82. The standard InChI is InChI=1S/C14H21BrN2O3S/c1-3-4-10-17(21(2,19)20)11-9-16-14(18)12-5-7-13(15)8-6-12/h5-8H,3-4,9-11H2,1-2H3,(H,16,18). The lowest BCUT2D eigenvalue weighted by Gasteiger charge is -2.19. The van der Waals surface area contributed by atoms with E-state index >= 15 is 0 Å². The number of benzene rings is 1.